The summed E-state index contributed by atoms with van der Waals surface area (Å²) in [5.41, 5.74) is 2.71. The number of amides is 3. The van der Waals surface area contributed by atoms with Gasteiger partial charge in [-0.3, -0.25) is 0 Å². The minimum Gasteiger partial charge on any atom is -0.464 e. The van der Waals surface area contributed by atoms with Crippen LogP contribution in [0.15, 0.2) is 12.7 Å². The van der Waals surface area contributed by atoms with Crippen LogP contribution in [0, 0.1) is 0 Å². The van der Waals surface area contributed by atoms with Crippen LogP contribution in [-0.2, 0) is 0 Å². The smallest absolute Gasteiger partial charge is 0.422 e. The monoisotopic (exact) mass is 228 g/mol. The molecule has 0 bridgehead atoms. The largest absolute Gasteiger partial charge is 0.464 e. The summed E-state index contributed by atoms with van der Waals surface area (Å²) in [6.45, 7) is 5.85. The second-order valence-corrected chi connectivity index (χ2v) is 3.31. The third-order valence-electron chi connectivity index (χ3n) is 2.17. The Kier molecular flexibility index (Phi) is 4.59. The van der Waals surface area contributed by atoms with Crippen molar-refractivity contribution in [2.24, 2.45) is 0 Å². The van der Waals surface area contributed by atoms with Gasteiger partial charge in [0.05, 0.1) is 6.54 Å². The van der Waals surface area contributed by atoms with Crippen molar-refractivity contribution in [1.82, 2.24) is 20.7 Å². The standard InChI is InChI=1S/C9H16N4O3/c1-2-5-13(9(15)16)11-4-7-12-6-3-10-8(12)14/h2,11H,1,3-7H2,(H,10,14)(H,15,16). The number of urea groups is 1. The Hall–Kier alpha value is -1.76. The van der Waals surface area contributed by atoms with Crippen LogP contribution in [0.3, 0.4) is 0 Å². The van der Waals surface area contributed by atoms with E-state index in [9.17, 15) is 9.59 Å². The molecule has 1 heterocycles. The molecule has 16 heavy (non-hydrogen) atoms. The number of hydrazine groups is 1. The van der Waals surface area contributed by atoms with Crippen molar-refractivity contribution >= 4 is 12.1 Å². The molecule has 0 radical (unpaired) electrons. The van der Waals surface area contributed by atoms with Gasteiger partial charge >= 0.3 is 12.1 Å². The fourth-order valence-corrected chi connectivity index (χ4v) is 1.38. The summed E-state index contributed by atoms with van der Waals surface area (Å²) in [6.07, 6.45) is 0.426. The summed E-state index contributed by atoms with van der Waals surface area (Å²) in [7, 11) is 0. The van der Waals surface area contributed by atoms with Crippen molar-refractivity contribution in [3.8, 4) is 0 Å². The van der Waals surface area contributed by atoms with Crippen molar-refractivity contribution in [1.29, 1.82) is 0 Å². The zero-order valence-electron chi connectivity index (χ0n) is 8.98. The van der Waals surface area contributed by atoms with Gasteiger partial charge in [0.1, 0.15) is 0 Å². The number of hydrogen-bond acceptors (Lipinski definition) is 3. The molecule has 90 valence electrons. The van der Waals surface area contributed by atoms with Crippen LogP contribution >= 0.6 is 0 Å². The summed E-state index contributed by atoms with van der Waals surface area (Å²) in [6, 6.07) is -0.104. The van der Waals surface area contributed by atoms with Gasteiger partial charge in [0.25, 0.3) is 0 Å². The molecule has 1 fully saturated rings. The third-order valence-corrected chi connectivity index (χ3v) is 2.17. The average molecular weight is 228 g/mol. The third kappa shape index (κ3) is 3.43. The molecule has 1 aliphatic rings. The number of nitrogens with zero attached hydrogens (tertiary/aromatic N) is 2. The Morgan fingerprint density at radius 1 is 1.75 bits per heavy atom. The zero-order valence-corrected chi connectivity index (χ0v) is 8.98. The first-order chi connectivity index (χ1) is 7.65. The molecule has 0 unspecified atom stereocenters. The Morgan fingerprint density at radius 2 is 2.50 bits per heavy atom. The minimum absolute atomic E-state index is 0.104. The van der Waals surface area contributed by atoms with Crippen molar-refractivity contribution in [2.75, 3.05) is 32.7 Å². The Balaban J connectivity index is 2.24. The highest BCUT2D eigenvalue weighted by atomic mass is 16.4. The van der Waals surface area contributed by atoms with E-state index >= 15 is 0 Å². The highest BCUT2D eigenvalue weighted by molar-refractivity contribution is 5.76. The van der Waals surface area contributed by atoms with Crippen LogP contribution in [0.4, 0.5) is 9.59 Å². The lowest BCUT2D eigenvalue weighted by atomic mass is 10.5. The predicted molar refractivity (Wildman–Crippen MR) is 57.9 cm³/mol. The van der Waals surface area contributed by atoms with Crippen LogP contribution in [-0.4, -0.2) is 59.9 Å². The van der Waals surface area contributed by atoms with E-state index in [0.29, 0.717) is 26.2 Å². The van der Waals surface area contributed by atoms with E-state index in [2.05, 4.69) is 17.3 Å². The van der Waals surface area contributed by atoms with E-state index in [4.69, 9.17) is 5.11 Å². The van der Waals surface area contributed by atoms with E-state index in [1.54, 1.807) is 4.90 Å². The molecule has 0 aliphatic carbocycles. The topological polar surface area (TPSA) is 84.9 Å². The maximum atomic E-state index is 11.2. The van der Waals surface area contributed by atoms with Gasteiger partial charge in [0.15, 0.2) is 0 Å². The second kappa shape index (κ2) is 5.96. The van der Waals surface area contributed by atoms with E-state index in [-0.39, 0.29) is 12.6 Å². The Bertz CT molecular complexity index is 282. The molecule has 7 nitrogen and oxygen atoms in total. The number of carbonyl (C=O) groups is 2. The molecule has 7 heteroatoms. The summed E-state index contributed by atoms with van der Waals surface area (Å²) >= 11 is 0. The van der Waals surface area contributed by atoms with Crippen LogP contribution < -0.4 is 10.7 Å². The first-order valence-electron chi connectivity index (χ1n) is 5.02. The van der Waals surface area contributed by atoms with Crippen molar-refractivity contribution < 1.29 is 14.7 Å². The Morgan fingerprint density at radius 3 is 3.00 bits per heavy atom. The number of carboxylic acid groups (broad SMARTS) is 1. The fraction of sp³-hybridized carbons (Fsp3) is 0.556. The molecule has 1 saturated heterocycles. The van der Waals surface area contributed by atoms with Gasteiger partial charge in [0, 0.05) is 26.2 Å². The number of carbonyl (C=O) groups excluding carboxylic acids is 1. The molecule has 0 spiro atoms. The molecule has 0 aromatic rings. The van der Waals surface area contributed by atoms with E-state index < -0.39 is 6.09 Å². The average Bonchev–Trinajstić information content (AvgIpc) is 2.63. The molecule has 1 rings (SSSR count). The lowest BCUT2D eigenvalue weighted by Crippen LogP contribution is -2.45. The molecular weight excluding hydrogens is 212 g/mol. The summed E-state index contributed by atoms with van der Waals surface area (Å²) < 4.78 is 0. The molecule has 0 atom stereocenters. The van der Waals surface area contributed by atoms with Gasteiger partial charge in [0.2, 0.25) is 0 Å². The molecule has 0 saturated carbocycles. The SMILES string of the molecule is C=CCN(NCCN1CCNC1=O)C(=O)O. The maximum absolute atomic E-state index is 11.2. The fourth-order valence-electron chi connectivity index (χ4n) is 1.38. The molecule has 1 aliphatic heterocycles. The number of nitrogens with one attached hydrogen (secondary N) is 2. The zero-order chi connectivity index (χ0) is 12.0. The van der Waals surface area contributed by atoms with Crippen LogP contribution in [0.25, 0.3) is 0 Å². The van der Waals surface area contributed by atoms with Crippen LogP contribution in [0.5, 0.6) is 0 Å². The highest BCUT2D eigenvalue weighted by Crippen LogP contribution is 1.94. The lowest BCUT2D eigenvalue weighted by molar-refractivity contribution is 0.125. The van der Waals surface area contributed by atoms with Gasteiger partial charge < -0.3 is 15.3 Å². The van der Waals surface area contributed by atoms with Crippen molar-refractivity contribution in [3.05, 3.63) is 12.7 Å². The van der Waals surface area contributed by atoms with E-state index in [1.807, 2.05) is 0 Å². The van der Waals surface area contributed by atoms with E-state index in [0.717, 1.165) is 5.01 Å². The first-order valence-corrected chi connectivity index (χ1v) is 5.02. The molecule has 3 amide bonds. The van der Waals surface area contributed by atoms with Gasteiger partial charge in [-0.2, -0.15) is 0 Å². The maximum Gasteiger partial charge on any atom is 0.422 e. The van der Waals surface area contributed by atoms with Crippen molar-refractivity contribution in [2.45, 2.75) is 0 Å². The van der Waals surface area contributed by atoms with Crippen molar-refractivity contribution in [3.63, 3.8) is 0 Å². The lowest BCUT2D eigenvalue weighted by Gasteiger charge is -2.20. The molecule has 3 N–H and O–H groups in total. The highest BCUT2D eigenvalue weighted by Gasteiger charge is 2.19. The summed E-state index contributed by atoms with van der Waals surface area (Å²) in [5.74, 6) is 0. The summed E-state index contributed by atoms with van der Waals surface area (Å²) in [5, 5.41) is 12.5. The van der Waals surface area contributed by atoms with Gasteiger partial charge in [-0.1, -0.05) is 6.08 Å². The number of hydrogen-bond donors (Lipinski definition) is 3. The second-order valence-electron chi connectivity index (χ2n) is 3.31. The van der Waals surface area contributed by atoms with Crippen LogP contribution in [0.2, 0.25) is 0 Å². The molecular formula is C9H16N4O3. The first kappa shape index (κ1) is 12.3. The van der Waals surface area contributed by atoms with E-state index in [1.165, 1.54) is 6.08 Å². The van der Waals surface area contributed by atoms with Gasteiger partial charge in [-0.05, 0) is 0 Å². The number of rotatable bonds is 6. The predicted octanol–water partition coefficient (Wildman–Crippen LogP) is -0.318. The normalized spacial score (nSPS) is 14.8. The Labute approximate surface area is 93.7 Å². The summed E-state index contributed by atoms with van der Waals surface area (Å²) in [4.78, 5) is 23.5. The van der Waals surface area contributed by atoms with Gasteiger partial charge in [-0.25, -0.2) is 20.0 Å². The molecule has 0 aromatic carbocycles. The van der Waals surface area contributed by atoms with Crippen LogP contribution in [0.1, 0.15) is 0 Å². The quantitative estimate of drug-likeness (QED) is 0.430. The minimum atomic E-state index is -1.06. The van der Waals surface area contributed by atoms with Gasteiger partial charge in [-0.15, -0.1) is 6.58 Å². The molecule has 0 aromatic heterocycles.